The molecule has 3 heterocycles. The van der Waals surface area contributed by atoms with Gasteiger partial charge in [-0.2, -0.15) is 14.9 Å². The van der Waals surface area contributed by atoms with E-state index in [9.17, 15) is 14.9 Å². The molecule has 150 valence electrons. The summed E-state index contributed by atoms with van der Waals surface area (Å²) >= 11 is 0. The van der Waals surface area contributed by atoms with E-state index in [2.05, 4.69) is 5.10 Å². The number of rotatable bonds is 1. The van der Waals surface area contributed by atoms with Crippen molar-refractivity contribution >= 4 is 17.6 Å². The summed E-state index contributed by atoms with van der Waals surface area (Å²) in [6, 6.07) is 4.96. The second kappa shape index (κ2) is 6.86. The van der Waals surface area contributed by atoms with Gasteiger partial charge in [0.05, 0.1) is 0 Å². The highest BCUT2D eigenvalue weighted by atomic mass is 16.6. The summed E-state index contributed by atoms with van der Waals surface area (Å²) in [4.78, 5) is 28.8. The second-order valence-corrected chi connectivity index (χ2v) is 8.29. The van der Waals surface area contributed by atoms with Crippen LogP contribution in [0.25, 0.3) is 5.65 Å². The number of fused-ring (bicyclic) bond motifs is 1. The van der Waals surface area contributed by atoms with Crippen molar-refractivity contribution in [2.75, 3.05) is 18.0 Å². The number of carbonyl (C=O) groups is 1. The minimum absolute atomic E-state index is 0.0613. The minimum atomic E-state index is -0.558. The van der Waals surface area contributed by atoms with Crippen molar-refractivity contribution in [2.24, 2.45) is 7.05 Å². The Balaban J connectivity index is 1.95. The topological polar surface area (TPSA) is 95.9 Å². The molecule has 1 fully saturated rings. The Morgan fingerprint density at radius 3 is 2.54 bits per heavy atom. The van der Waals surface area contributed by atoms with E-state index in [1.165, 1.54) is 10.6 Å². The number of aromatic nitrogens is 3. The van der Waals surface area contributed by atoms with Crippen molar-refractivity contribution in [2.45, 2.75) is 52.3 Å². The molecule has 2 aromatic heterocycles. The van der Waals surface area contributed by atoms with Crippen molar-refractivity contribution in [1.29, 1.82) is 5.26 Å². The minimum Gasteiger partial charge on any atom is -0.444 e. The van der Waals surface area contributed by atoms with Crippen LogP contribution in [0.15, 0.2) is 16.9 Å². The Labute approximate surface area is 163 Å². The smallest absolute Gasteiger partial charge is 0.410 e. The van der Waals surface area contributed by atoms with E-state index in [-0.39, 0.29) is 29.4 Å². The van der Waals surface area contributed by atoms with Gasteiger partial charge in [0.1, 0.15) is 23.1 Å². The summed E-state index contributed by atoms with van der Waals surface area (Å²) in [5.41, 5.74) is 0.0582. The Kier molecular flexibility index (Phi) is 4.83. The first-order valence-corrected chi connectivity index (χ1v) is 9.28. The maximum Gasteiger partial charge on any atom is 0.410 e. The van der Waals surface area contributed by atoms with Crippen molar-refractivity contribution in [3.05, 3.63) is 28.2 Å². The summed E-state index contributed by atoms with van der Waals surface area (Å²) in [5, 5.41) is 13.5. The van der Waals surface area contributed by atoms with Crippen molar-refractivity contribution in [3.8, 4) is 6.07 Å². The van der Waals surface area contributed by atoms with Crippen LogP contribution in [0.2, 0.25) is 0 Å². The van der Waals surface area contributed by atoms with Crippen LogP contribution in [0.5, 0.6) is 0 Å². The van der Waals surface area contributed by atoms with Gasteiger partial charge in [0.25, 0.3) is 5.56 Å². The van der Waals surface area contributed by atoms with E-state index in [1.54, 1.807) is 22.5 Å². The van der Waals surface area contributed by atoms with Gasteiger partial charge in [0, 0.05) is 44.4 Å². The average Bonchev–Trinajstić information content (AvgIpc) is 3.03. The number of nitrogens with zero attached hydrogens (tertiary/aromatic N) is 6. The molecule has 0 saturated carbocycles. The van der Waals surface area contributed by atoms with Gasteiger partial charge in [-0.1, -0.05) is 0 Å². The Bertz CT molecular complexity index is 1010. The molecule has 9 nitrogen and oxygen atoms in total. The average molecular weight is 386 g/mol. The Morgan fingerprint density at radius 2 is 1.93 bits per heavy atom. The Morgan fingerprint density at radius 1 is 1.25 bits per heavy atom. The zero-order valence-corrected chi connectivity index (χ0v) is 17.1. The lowest BCUT2D eigenvalue weighted by molar-refractivity contribution is 0.0129. The molecular formula is C19H26N6O3. The van der Waals surface area contributed by atoms with Crippen LogP contribution < -0.4 is 10.5 Å². The molecule has 0 bridgehead atoms. The lowest BCUT2D eigenvalue weighted by Crippen LogP contribution is -2.59. The van der Waals surface area contributed by atoms with Gasteiger partial charge in [0.2, 0.25) is 0 Å². The van der Waals surface area contributed by atoms with Crippen LogP contribution in [-0.4, -0.2) is 55.9 Å². The van der Waals surface area contributed by atoms with E-state index >= 15 is 0 Å². The fourth-order valence-corrected chi connectivity index (χ4v) is 3.44. The first-order chi connectivity index (χ1) is 13.0. The number of hydrogen-bond donors (Lipinski definition) is 0. The molecule has 28 heavy (non-hydrogen) atoms. The van der Waals surface area contributed by atoms with Crippen LogP contribution in [0.4, 0.5) is 10.6 Å². The molecular weight excluding hydrogens is 360 g/mol. The summed E-state index contributed by atoms with van der Waals surface area (Å²) in [5.74, 6) is 0.614. The van der Waals surface area contributed by atoms with Gasteiger partial charge in [-0.3, -0.25) is 9.36 Å². The number of ether oxygens (including phenoxy) is 1. The molecule has 9 heteroatoms. The van der Waals surface area contributed by atoms with Gasteiger partial charge in [-0.25, -0.2) is 4.79 Å². The molecule has 1 saturated heterocycles. The highest BCUT2D eigenvalue weighted by Crippen LogP contribution is 2.25. The van der Waals surface area contributed by atoms with Gasteiger partial charge >= 0.3 is 6.09 Å². The molecule has 0 spiro atoms. The van der Waals surface area contributed by atoms with E-state index in [0.29, 0.717) is 24.6 Å². The molecule has 0 aliphatic carbocycles. The molecule has 0 aromatic carbocycles. The first kappa shape index (κ1) is 19.7. The van der Waals surface area contributed by atoms with Crippen LogP contribution in [0.1, 0.15) is 40.3 Å². The van der Waals surface area contributed by atoms with Crippen molar-refractivity contribution in [1.82, 2.24) is 19.1 Å². The fraction of sp³-hybridized carbons (Fsp3) is 0.579. The molecule has 0 N–H and O–H groups in total. The second-order valence-electron chi connectivity index (χ2n) is 8.29. The maximum absolute atomic E-state index is 12.5. The number of carbonyl (C=O) groups excluding carboxylic acids is 1. The fourth-order valence-electron chi connectivity index (χ4n) is 3.44. The summed E-state index contributed by atoms with van der Waals surface area (Å²) < 4.78 is 8.60. The molecule has 2 atom stereocenters. The quantitative estimate of drug-likeness (QED) is 0.741. The molecule has 1 amide bonds. The van der Waals surface area contributed by atoms with Gasteiger partial charge in [0.15, 0.2) is 5.69 Å². The van der Waals surface area contributed by atoms with Crippen LogP contribution in [0.3, 0.4) is 0 Å². The predicted molar refractivity (Wildman–Crippen MR) is 104 cm³/mol. The normalized spacial score (nSPS) is 20.3. The number of amides is 1. The number of hydrogen-bond acceptors (Lipinski definition) is 6. The maximum atomic E-state index is 12.5. The van der Waals surface area contributed by atoms with Crippen LogP contribution >= 0.6 is 0 Å². The lowest BCUT2D eigenvalue weighted by atomic mass is 10.1. The number of piperazine rings is 1. The number of nitriles is 1. The number of aryl methyl sites for hydroxylation is 1. The van der Waals surface area contributed by atoms with Gasteiger partial charge in [-0.15, -0.1) is 0 Å². The molecule has 1 aliphatic rings. The largest absolute Gasteiger partial charge is 0.444 e. The third-order valence-electron chi connectivity index (χ3n) is 4.86. The third-order valence-corrected chi connectivity index (χ3v) is 4.86. The molecule has 1 aliphatic heterocycles. The van der Waals surface area contributed by atoms with Crippen LogP contribution in [0, 0.1) is 11.3 Å². The highest BCUT2D eigenvalue weighted by Gasteiger charge is 2.35. The summed E-state index contributed by atoms with van der Waals surface area (Å²) in [6.45, 7) is 10.4. The number of anilines is 1. The molecule has 0 unspecified atom stereocenters. The summed E-state index contributed by atoms with van der Waals surface area (Å²) in [7, 11) is 1.65. The Hall–Kier alpha value is -3.02. The van der Waals surface area contributed by atoms with Crippen molar-refractivity contribution < 1.29 is 9.53 Å². The van der Waals surface area contributed by atoms with E-state index in [1.807, 2.05) is 45.6 Å². The molecule has 2 aromatic rings. The zero-order valence-electron chi connectivity index (χ0n) is 17.1. The van der Waals surface area contributed by atoms with Gasteiger partial charge in [-0.05, 0) is 34.6 Å². The van der Waals surface area contributed by atoms with Gasteiger partial charge < -0.3 is 14.5 Å². The van der Waals surface area contributed by atoms with E-state index in [4.69, 9.17) is 4.74 Å². The zero-order chi connectivity index (χ0) is 20.8. The van der Waals surface area contributed by atoms with Crippen LogP contribution in [-0.2, 0) is 11.8 Å². The third kappa shape index (κ3) is 3.54. The van der Waals surface area contributed by atoms with E-state index in [0.717, 1.165) is 0 Å². The molecule has 3 rings (SSSR count). The van der Waals surface area contributed by atoms with Crippen molar-refractivity contribution in [3.63, 3.8) is 0 Å². The SMILES string of the molecule is C[C@@H]1CN(c2cc(=O)n(C)c3cc(C#N)nn23)[C@@H](C)CN1C(=O)OC(C)(C)C. The lowest BCUT2D eigenvalue weighted by Gasteiger charge is -2.45. The molecule has 0 radical (unpaired) electrons. The summed E-state index contributed by atoms with van der Waals surface area (Å²) in [6.07, 6.45) is -0.341. The highest BCUT2D eigenvalue weighted by molar-refractivity contribution is 5.69. The monoisotopic (exact) mass is 386 g/mol. The first-order valence-electron chi connectivity index (χ1n) is 9.28. The predicted octanol–water partition coefficient (Wildman–Crippen LogP) is 1.74. The van der Waals surface area contributed by atoms with E-state index < -0.39 is 5.60 Å². The standard InChI is InChI=1S/C19H26N6O3/c1-12-11-24(18(27)28-19(3,4)5)13(2)10-23(12)16-8-17(26)22(6)15-7-14(9-20)21-25(15)16/h7-8,12-13H,10-11H2,1-6H3/t12-,13+/m0/s1.